The molecule has 0 amide bonds. The molecule has 10 rings (SSSR count). The van der Waals surface area contributed by atoms with Crippen LogP contribution in [0.4, 0.5) is 0 Å². The van der Waals surface area contributed by atoms with Crippen LogP contribution in [0.1, 0.15) is 16.7 Å². The SMILES string of the molecule is C(=N/C(=C\Cc1cccc(-c2ccccc2)c1)c1ccccc1)c1cccc2oc3ccc(-c4ccc5c6ccccc6c6ccccc6c5c4)cc3c12. The predicted octanol–water partition coefficient (Wildman–Crippen LogP) is 14.1. The lowest BCUT2D eigenvalue weighted by Crippen LogP contribution is -1.89. The summed E-state index contributed by atoms with van der Waals surface area (Å²) in [5.41, 5.74) is 10.8. The lowest BCUT2D eigenvalue weighted by molar-refractivity contribution is 0.669. The maximum atomic E-state index is 6.43. The standard InChI is InChI=1S/C52H35NO/c1-3-14-36(15-4-1)38-18-11-13-35(31-38)25-29-49(37-16-5-2-6-17-37)53-34-41-19-12-24-51-52(41)48-33-40(27-30-50(48)54-51)39-26-28-46-44-22-8-7-20-42(44)43-21-9-10-23-45(43)47(46)32-39/h1-24,26-34H,25H2/b49-29-,53-34?. The van der Waals surface area contributed by atoms with Crippen molar-refractivity contribution in [2.24, 2.45) is 4.99 Å². The molecular formula is C52H35NO. The van der Waals surface area contributed by atoms with Crippen molar-refractivity contribution in [2.45, 2.75) is 6.42 Å². The van der Waals surface area contributed by atoms with Gasteiger partial charge in [0.2, 0.25) is 0 Å². The first-order valence-corrected chi connectivity index (χ1v) is 18.5. The van der Waals surface area contributed by atoms with Gasteiger partial charge in [-0.2, -0.15) is 0 Å². The van der Waals surface area contributed by atoms with E-state index in [4.69, 9.17) is 9.41 Å². The second-order valence-corrected chi connectivity index (χ2v) is 13.9. The molecule has 1 heterocycles. The number of aliphatic imine (C=N–C) groups is 1. The van der Waals surface area contributed by atoms with E-state index in [0.29, 0.717) is 0 Å². The Bertz CT molecular complexity index is 3020. The highest BCUT2D eigenvalue weighted by molar-refractivity contribution is 6.26. The molecule has 0 aliphatic carbocycles. The topological polar surface area (TPSA) is 25.5 Å². The summed E-state index contributed by atoms with van der Waals surface area (Å²) in [6.07, 6.45) is 4.99. The summed E-state index contributed by atoms with van der Waals surface area (Å²) in [6.45, 7) is 0. The first-order chi connectivity index (χ1) is 26.8. The predicted molar refractivity (Wildman–Crippen MR) is 229 cm³/mol. The molecular weight excluding hydrogens is 655 g/mol. The summed E-state index contributed by atoms with van der Waals surface area (Å²) in [7, 11) is 0. The number of benzene rings is 9. The van der Waals surface area contributed by atoms with E-state index < -0.39 is 0 Å². The highest BCUT2D eigenvalue weighted by atomic mass is 16.3. The molecule has 0 N–H and O–H groups in total. The van der Waals surface area contributed by atoms with E-state index in [1.807, 2.05) is 24.4 Å². The van der Waals surface area contributed by atoms with Crippen LogP contribution < -0.4 is 0 Å². The summed E-state index contributed by atoms with van der Waals surface area (Å²) in [4.78, 5) is 5.16. The van der Waals surface area contributed by atoms with Gasteiger partial charge in [-0.1, -0.05) is 170 Å². The maximum Gasteiger partial charge on any atom is 0.136 e. The molecule has 0 saturated carbocycles. The zero-order valence-corrected chi connectivity index (χ0v) is 29.6. The molecule has 9 aromatic carbocycles. The fourth-order valence-electron chi connectivity index (χ4n) is 7.94. The lowest BCUT2D eigenvalue weighted by atomic mass is 9.92. The number of nitrogens with zero attached hydrogens (tertiary/aromatic N) is 1. The molecule has 0 aliphatic heterocycles. The summed E-state index contributed by atoms with van der Waals surface area (Å²) >= 11 is 0. The first kappa shape index (κ1) is 31.7. The summed E-state index contributed by atoms with van der Waals surface area (Å²) in [5, 5.41) is 9.80. The molecule has 10 aromatic rings. The van der Waals surface area contributed by atoms with Crippen molar-refractivity contribution in [3.05, 3.63) is 211 Å². The van der Waals surface area contributed by atoms with Crippen LogP contribution in [0.5, 0.6) is 0 Å². The van der Waals surface area contributed by atoms with Crippen molar-refractivity contribution in [3.8, 4) is 22.3 Å². The Labute approximate surface area is 314 Å². The molecule has 254 valence electrons. The summed E-state index contributed by atoms with van der Waals surface area (Å²) in [6, 6.07) is 66.9. The van der Waals surface area contributed by atoms with Crippen LogP contribution >= 0.6 is 0 Å². The van der Waals surface area contributed by atoms with E-state index in [2.05, 4.69) is 176 Å². The van der Waals surface area contributed by atoms with Crippen LogP contribution in [0.2, 0.25) is 0 Å². The Kier molecular flexibility index (Phi) is 7.92. The van der Waals surface area contributed by atoms with Crippen molar-refractivity contribution in [2.75, 3.05) is 0 Å². The van der Waals surface area contributed by atoms with E-state index >= 15 is 0 Å². The molecule has 1 aromatic heterocycles. The van der Waals surface area contributed by atoms with Crippen molar-refractivity contribution in [1.29, 1.82) is 0 Å². The van der Waals surface area contributed by atoms with Gasteiger partial charge in [0.1, 0.15) is 11.2 Å². The number of hydrogen-bond acceptors (Lipinski definition) is 2. The van der Waals surface area contributed by atoms with Crippen molar-refractivity contribution >= 4 is 66.2 Å². The minimum Gasteiger partial charge on any atom is -0.456 e. The van der Waals surface area contributed by atoms with Crippen LogP contribution in [-0.2, 0) is 6.42 Å². The number of allylic oxidation sites excluding steroid dienone is 1. The quantitative estimate of drug-likeness (QED) is 0.121. The molecule has 0 atom stereocenters. The molecule has 2 nitrogen and oxygen atoms in total. The first-order valence-electron chi connectivity index (χ1n) is 18.5. The lowest BCUT2D eigenvalue weighted by Gasteiger charge is -2.12. The Balaban J connectivity index is 1.05. The molecule has 0 unspecified atom stereocenters. The number of hydrogen-bond donors (Lipinski definition) is 0. The van der Waals surface area contributed by atoms with Gasteiger partial charge in [0.25, 0.3) is 0 Å². The van der Waals surface area contributed by atoms with E-state index in [-0.39, 0.29) is 0 Å². The average molecular weight is 690 g/mol. The molecule has 0 saturated heterocycles. The van der Waals surface area contributed by atoms with Crippen molar-refractivity contribution in [1.82, 2.24) is 0 Å². The van der Waals surface area contributed by atoms with Crippen LogP contribution in [-0.4, -0.2) is 6.21 Å². The monoisotopic (exact) mass is 689 g/mol. The smallest absolute Gasteiger partial charge is 0.136 e. The van der Waals surface area contributed by atoms with Crippen LogP contribution in [0, 0.1) is 0 Å². The summed E-state index contributed by atoms with van der Waals surface area (Å²) in [5.74, 6) is 0. The average Bonchev–Trinajstić information content (AvgIpc) is 3.63. The number of rotatable bonds is 7. The summed E-state index contributed by atoms with van der Waals surface area (Å²) < 4.78 is 6.43. The molecule has 0 bridgehead atoms. The van der Waals surface area contributed by atoms with Gasteiger partial charge in [-0.05, 0) is 96.4 Å². The largest absolute Gasteiger partial charge is 0.456 e. The van der Waals surface area contributed by atoms with Gasteiger partial charge < -0.3 is 4.42 Å². The Morgan fingerprint density at radius 2 is 1.00 bits per heavy atom. The van der Waals surface area contributed by atoms with Gasteiger partial charge in [-0.25, -0.2) is 0 Å². The third kappa shape index (κ3) is 5.75. The number of furan rings is 1. The molecule has 2 heteroatoms. The van der Waals surface area contributed by atoms with Crippen molar-refractivity contribution in [3.63, 3.8) is 0 Å². The van der Waals surface area contributed by atoms with Gasteiger partial charge in [0.15, 0.2) is 0 Å². The fraction of sp³-hybridized carbons (Fsp3) is 0.0192. The molecule has 0 radical (unpaired) electrons. The normalized spacial score (nSPS) is 12.2. The molecule has 0 spiro atoms. The Morgan fingerprint density at radius 3 is 1.74 bits per heavy atom. The van der Waals surface area contributed by atoms with E-state index in [0.717, 1.165) is 50.7 Å². The maximum absolute atomic E-state index is 6.43. The van der Waals surface area contributed by atoms with Crippen LogP contribution in [0.3, 0.4) is 0 Å². The van der Waals surface area contributed by atoms with Crippen molar-refractivity contribution < 1.29 is 4.42 Å². The van der Waals surface area contributed by atoms with Gasteiger partial charge >= 0.3 is 0 Å². The van der Waals surface area contributed by atoms with E-state index in [1.165, 1.54) is 54.6 Å². The highest BCUT2D eigenvalue weighted by Crippen LogP contribution is 2.39. The highest BCUT2D eigenvalue weighted by Gasteiger charge is 2.14. The van der Waals surface area contributed by atoms with E-state index in [1.54, 1.807) is 0 Å². The minimum atomic E-state index is 0.765. The Hall–Kier alpha value is -7.03. The molecule has 0 fully saturated rings. The third-order valence-corrected chi connectivity index (χ3v) is 10.6. The third-order valence-electron chi connectivity index (χ3n) is 10.6. The zero-order chi connectivity index (χ0) is 35.8. The molecule has 54 heavy (non-hydrogen) atoms. The second-order valence-electron chi connectivity index (χ2n) is 13.9. The van der Waals surface area contributed by atoms with Gasteiger partial charge in [-0.3, -0.25) is 4.99 Å². The number of fused-ring (bicyclic) bond motifs is 9. The Morgan fingerprint density at radius 1 is 0.426 bits per heavy atom. The van der Waals surface area contributed by atoms with E-state index in [9.17, 15) is 0 Å². The molecule has 0 aliphatic rings. The van der Waals surface area contributed by atoms with Crippen LogP contribution in [0.15, 0.2) is 204 Å². The van der Waals surface area contributed by atoms with Gasteiger partial charge in [0, 0.05) is 22.6 Å². The fourth-order valence-corrected chi connectivity index (χ4v) is 7.94. The van der Waals surface area contributed by atoms with Gasteiger partial charge in [0.05, 0.1) is 5.70 Å². The minimum absolute atomic E-state index is 0.765. The van der Waals surface area contributed by atoms with Gasteiger partial charge in [-0.15, -0.1) is 0 Å². The second kappa shape index (κ2) is 13.5. The van der Waals surface area contributed by atoms with Crippen LogP contribution in [0.25, 0.3) is 82.2 Å². The zero-order valence-electron chi connectivity index (χ0n) is 29.6.